The molecule has 5 heteroatoms. The van der Waals surface area contributed by atoms with Gasteiger partial charge in [-0.25, -0.2) is 4.98 Å². The fourth-order valence-electron chi connectivity index (χ4n) is 1.65. The van der Waals surface area contributed by atoms with Crippen molar-refractivity contribution in [2.24, 2.45) is 11.8 Å². The van der Waals surface area contributed by atoms with E-state index in [4.69, 9.17) is 5.11 Å². The summed E-state index contributed by atoms with van der Waals surface area (Å²) in [5.74, 6) is -0.284. The van der Waals surface area contributed by atoms with E-state index in [0.29, 0.717) is 6.42 Å². The quantitative estimate of drug-likeness (QED) is 0.798. The summed E-state index contributed by atoms with van der Waals surface area (Å²) in [7, 11) is 0. The van der Waals surface area contributed by atoms with Crippen molar-refractivity contribution in [3.05, 3.63) is 12.2 Å². The van der Waals surface area contributed by atoms with E-state index in [1.54, 1.807) is 4.68 Å². The number of aliphatic carboxylic acids is 1. The molecule has 0 saturated carbocycles. The molecule has 0 spiro atoms. The second kappa shape index (κ2) is 5.63. The zero-order chi connectivity index (χ0) is 12.1. The highest BCUT2D eigenvalue weighted by Gasteiger charge is 2.23. The van der Waals surface area contributed by atoms with E-state index in [1.165, 1.54) is 6.33 Å². The van der Waals surface area contributed by atoms with Gasteiger partial charge in [-0.1, -0.05) is 20.8 Å². The zero-order valence-corrected chi connectivity index (χ0v) is 10.1. The number of aryl methyl sites for hydroxylation is 1. The Morgan fingerprint density at radius 2 is 2.25 bits per heavy atom. The van der Waals surface area contributed by atoms with Gasteiger partial charge in [0.05, 0.1) is 5.92 Å². The Kier molecular flexibility index (Phi) is 4.46. The molecule has 0 bridgehead atoms. The summed E-state index contributed by atoms with van der Waals surface area (Å²) in [5, 5.41) is 13.2. The van der Waals surface area contributed by atoms with Gasteiger partial charge in [-0.3, -0.25) is 9.48 Å². The molecule has 0 amide bonds. The van der Waals surface area contributed by atoms with Crippen LogP contribution in [-0.4, -0.2) is 25.8 Å². The molecule has 0 saturated heterocycles. The van der Waals surface area contributed by atoms with Crippen LogP contribution in [0.2, 0.25) is 0 Å². The van der Waals surface area contributed by atoms with E-state index in [2.05, 4.69) is 17.0 Å². The SMILES string of the molecule is CCCn1ncnc1CC(C(=O)O)C(C)C. The average Bonchev–Trinajstić information content (AvgIpc) is 2.61. The van der Waals surface area contributed by atoms with E-state index < -0.39 is 5.97 Å². The predicted molar refractivity (Wildman–Crippen MR) is 60.0 cm³/mol. The van der Waals surface area contributed by atoms with E-state index in [1.807, 2.05) is 13.8 Å². The van der Waals surface area contributed by atoms with Gasteiger partial charge >= 0.3 is 5.97 Å². The fraction of sp³-hybridized carbons (Fsp3) is 0.727. The van der Waals surface area contributed by atoms with Crippen LogP contribution in [-0.2, 0) is 17.8 Å². The number of carboxylic acids is 1. The molecule has 1 unspecified atom stereocenters. The highest BCUT2D eigenvalue weighted by molar-refractivity contribution is 5.70. The fourth-order valence-corrected chi connectivity index (χ4v) is 1.65. The van der Waals surface area contributed by atoms with E-state index in [-0.39, 0.29) is 11.8 Å². The van der Waals surface area contributed by atoms with Gasteiger partial charge in [0.2, 0.25) is 0 Å². The number of carbonyl (C=O) groups is 1. The van der Waals surface area contributed by atoms with Crippen molar-refractivity contribution in [2.45, 2.75) is 40.2 Å². The van der Waals surface area contributed by atoms with Crippen molar-refractivity contribution >= 4 is 5.97 Å². The van der Waals surface area contributed by atoms with Crippen LogP contribution in [0.1, 0.15) is 33.0 Å². The summed E-state index contributed by atoms with van der Waals surface area (Å²) in [6, 6.07) is 0. The van der Waals surface area contributed by atoms with Gasteiger partial charge in [0, 0.05) is 13.0 Å². The highest BCUT2D eigenvalue weighted by atomic mass is 16.4. The van der Waals surface area contributed by atoms with Crippen LogP contribution in [0.15, 0.2) is 6.33 Å². The Balaban J connectivity index is 2.77. The van der Waals surface area contributed by atoms with Crippen molar-refractivity contribution in [2.75, 3.05) is 0 Å². The maximum Gasteiger partial charge on any atom is 0.307 e. The van der Waals surface area contributed by atoms with Gasteiger partial charge < -0.3 is 5.11 Å². The summed E-state index contributed by atoms with van der Waals surface area (Å²) >= 11 is 0. The molecule has 5 nitrogen and oxygen atoms in total. The number of aromatic nitrogens is 3. The average molecular weight is 225 g/mol. The molecule has 0 aliphatic rings. The first-order valence-electron chi connectivity index (χ1n) is 5.65. The Bertz CT molecular complexity index is 347. The first-order valence-corrected chi connectivity index (χ1v) is 5.65. The number of rotatable bonds is 6. The molecule has 1 N–H and O–H groups in total. The zero-order valence-electron chi connectivity index (χ0n) is 10.1. The molecule has 90 valence electrons. The van der Waals surface area contributed by atoms with Gasteiger partial charge in [-0.15, -0.1) is 0 Å². The minimum atomic E-state index is -0.763. The van der Waals surface area contributed by atoms with Gasteiger partial charge in [0.15, 0.2) is 0 Å². The van der Waals surface area contributed by atoms with Crippen LogP contribution in [0.5, 0.6) is 0 Å². The van der Waals surface area contributed by atoms with Gasteiger partial charge in [0.25, 0.3) is 0 Å². The van der Waals surface area contributed by atoms with Crippen LogP contribution in [0, 0.1) is 11.8 Å². The minimum absolute atomic E-state index is 0.101. The Morgan fingerprint density at radius 3 is 2.75 bits per heavy atom. The molecule has 0 aromatic carbocycles. The maximum absolute atomic E-state index is 11.1. The molecule has 16 heavy (non-hydrogen) atoms. The minimum Gasteiger partial charge on any atom is -0.481 e. The van der Waals surface area contributed by atoms with Crippen LogP contribution < -0.4 is 0 Å². The molecule has 1 atom stereocenters. The second-order valence-corrected chi connectivity index (χ2v) is 4.29. The Morgan fingerprint density at radius 1 is 1.56 bits per heavy atom. The van der Waals surface area contributed by atoms with Crippen molar-refractivity contribution < 1.29 is 9.90 Å². The lowest BCUT2D eigenvalue weighted by Gasteiger charge is -2.15. The van der Waals surface area contributed by atoms with Crippen LogP contribution >= 0.6 is 0 Å². The van der Waals surface area contributed by atoms with Crippen molar-refractivity contribution in [1.82, 2.24) is 14.8 Å². The molecular formula is C11H19N3O2. The summed E-state index contributed by atoms with van der Waals surface area (Å²) < 4.78 is 1.79. The maximum atomic E-state index is 11.1. The Labute approximate surface area is 95.5 Å². The second-order valence-electron chi connectivity index (χ2n) is 4.29. The number of hydrogen-bond acceptors (Lipinski definition) is 3. The van der Waals surface area contributed by atoms with Crippen molar-refractivity contribution in [3.63, 3.8) is 0 Å². The number of nitrogens with zero attached hydrogens (tertiary/aromatic N) is 3. The van der Waals surface area contributed by atoms with Gasteiger partial charge in [0.1, 0.15) is 12.2 Å². The topological polar surface area (TPSA) is 68.0 Å². The van der Waals surface area contributed by atoms with E-state index >= 15 is 0 Å². The molecule has 0 aliphatic carbocycles. The molecule has 0 radical (unpaired) electrons. The molecular weight excluding hydrogens is 206 g/mol. The number of carboxylic acid groups (broad SMARTS) is 1. The summed E-state index contributed by atoms with van der Waals surface area (Å²) in [4.78, 5) is 15.2. The summed E-state index contributed by atoms with van der Waals surface area (Å²) in [5.41, 5.74) is 0. The van der Waals surface area contributed by atoms with Gasteiger partial charge in [-0.2, -0.15) is 5.10 Å². The summed E-state index contributed by atoms with van der Waals surface area (Å²) in [6.07, 6.45) is 2.91. The Hall–Kier alpha value is -1.39. The largest absolute Gasteiger partial charge is 0.481 e. The first kappa shape index (κ1) is 12.7. The predicted octanol–water partition coefficient (Wildman–Crippen LogP) is 1.59. The molecule has 1 heterocycles. The van der Waals surface area contributed by atoms with E-state index in [9.17, 15) is 4.79 Å². The smallest absolute Gasteiger partial charge is 0.307 e. The lowest BCUT2D eigenvalue weighted by atomic mass is 9.92. The van der Waals surface area contributed by atoms with Crippen molar-refractivity contribution in [1.29, 1.82) is 0 Å². The number of hydrogen-bond donors (Lipinski definition) is 1. The highest BCUT2D eigenvalue weighted by Crippen LogP contribution is 2.16. The van der Waals surface area contributed by atoms with Crippen LogP contribution in [0.4, 0.5) is 0 Å². The molecule has 1 rings (SSSR count). The van der Waals surface area contributed by atoms with Gasteiger partial charge in [-0.05, 0) is 12.3 Å². The molecule has 0 aliphatic heterocycles. The normalized spacial score (nSPS) is 13.0. The third-order valence-electron chi connectivity index (χ3n) is 2.66. The van der Waals surface area contributed by atoms with Crippen LogP contribution in [0.3, 0.4) is 0 Å². The first-order chi connectivity index (χ1) is 7.56. The molecule has 0 fully saturated rings. The summed E-state index contributed by atoms with van der Waals surface area (Å²) in [6.45, 7) is 6.68. The van der Waals surface area contributed by atoms with E-state index in [0.717, 1.165) is 18.8 Å². The van der Waals surface area contributed by atoms with Crippen molar-refractivity contribution in [3.8, 4) is 0 Å². The van der Waals surface area contributed by atoms with Crippen LogP contribution in [0.25, 0.3) is 0 Å². The third kappa shape index (κ3) is 3.05. The lowest BCUT2D eigenvalue weighted by molar-refractivity contribution is -0.143. The monoisotopic (exact) mass is 225 g/mol. The standard InChI is InChI=1S/C11H19N3O2/c1-4-5-14-10(12-7-13-14)6-9(8(2)3)11(15)16/h7-9H,4-6H2,1-3H3,(H,15,16). The molecule has 1 aromatic heterocycles. The lowest BCUT2D eigenvalue weighted by Crippen LogP contribution is -2.24. The molecule has 1 aromatic rings. The third-order valence-corrected chi connectivity index (χ3v) is 2.66.